The van der Waals surface area contributed by atoms with Gasteiger partial charge in [0.1, 0.15) is 0 Å². The summed E-state index contributed by atoms with van der Waals surface area (Å²) >= 11 is 0. The van der Waals surface area contributed by atoms with E-state index in [1.165, 1.54) is 16.7 Å². The molecule has 1 unspecified atom stereocenters. The van der Waals surface area contributed by atoms with E-state index < -0.39 is 0 Å². The van der Waals surface area contributed by atoms with Crippen LogP contribution in [0.15, 0.2) is 54.6 Å². The summed E-state index contributed by atoms with van der Waals surface area (Å²) in [5.41, 5.74) is 3.87. The summed E-state index contributed by atoms with van der Waals surface area (Å²) in [6.07, 6.45) is 0. The Hall–Kier alpha value is -1.64. The van der Waals surface area contributed by atoms with E-state index in [4.69, 9.17) is 4.74 Å². The van der Waals surface area contributed by atoms with Crippen LogP contribution < -0.4 is 5.32 Å². The van der Waals surface area contributed by atoms with E-state index >= 15 is 0 Å². The third kappa shape index (κ3) is 5.33. The van der Waals surface area contributed by atoms with Gasteiger partial charge in [-0.15, -0.1) is 0 Å². The van der Waals surface area contributed by atoms with Gasteiger partial charge >= 0.3 is 0 Å². The highest BCUT2D eigenvalue weighted by Gasteiger charge is 2.11. The standard InChI is InChI=1S/C19H25NO/c1-3-20-13-19(18-11-9-16(2)10-12-18)15-21-14-17-7-5-4-6-8-17/h4-12,19-20H,3,13-15H2,1-2H3. The van der Waals surface area contributed by atoms with Crippen molar-refractivity contribution in [1.29, 1.82) is 0 Å². The van der Waals surface area contributed by atoms with Crippen LogP contribution in [-0.2, 0) is 11.3 Å². The topological polar surface area (TPSA) is 21.3 Å². The highest BCUT2D eigenvalue weighted by atomic mass is 16.5. The lowest BCUT2D eigenvalue weighted by molar-refractivity contribution is 0.106. The van der Waals surface area contributed by atoms with E-state index in [-0.39, 0.29) is 0 Å². The minimum absolute atomic E-state index is 0.397. The van der Waals surface area contributed by atoms with Crippen LogP contribution in [0.2, 0.25) is 0 Å². The SMILES string of the molecule is CCNCC(COCc1ccccc1)c1ccc(C)cc1. The van der Waals surface area contributed by atoms with Crippen molar-refractivity contribution in [2.24, 2.45) is 0 Å². The van der Waals surface area contributed by atoms with Gasteiger partial charge in [-0.3, -0.25) is 0 Å². The maximum absolute atomic E-state index is 5.92. The molecule has 112 valence electrons. The predicted molar refractivity (Wildman–Crippen MR) is 88.6 cm³/mol. The fourth-order valence-corrected chi connectivity index (χ4v) is 2.32. The number of benzene rings is 2. The molecule has 0 radical (unpaired) electrons. The first-order valence-corrected chi connectivity index (χ1v) is 7.68. The molecule has 2 nitrogen and oxygen atoms in total. The van der Waals surface area contributed by atoms with Crippen LogP contribution in [-0.4, -0.2) is 19.7 Å². The minimum Gasteiger partial charge on any atom is -0.376 e. The highest BCUT2D eigenvalue weighted by molar-refractivity contribution is 5.25. The molecule has 1 N–H and O–H groups in total. The van der Waals surface area contributed by atoms with Crippen LogP contribution in [0.4, 0.5) is 0 Å². The average Bonchev–Trinajstić information content (AvgIpc) is 2.53. The average molecular weight is 283 g/mol. The van der Waals surface area contributed by atoms with Crippen molar-refractivity contribution in [2.45, 2.75) is 26.4 Å². The second-order valence-electron chi connectivity index (χ2n) is 5.42. The summed E-state index contributed by atoms with van der Waals surface area (Å²) in [7, 11) is 0. The van der Waals surface area contributed by atoms with Gasteiger partial charge in [-0.05, 0) is 24.6 Å². The number of hydrogen-bond acceptors (Lipinski definition) is 2. The Bertz CT molecular complexity index is 507. The van der Waals surface area contributed by atoms with Crippen LogP contribution in [0.25, 0.3) is 0 Å². The van der Waals surface area contributed by atoms with Gasteiger partial charge in [-0.2, -0.15) is 0 Å². The summed E-state index contributed by atoms with van der Waals surface area (Å²) in [4.78, 5) is 0. The van der Waals surface area contributed by atoms with Gasteiger partial charge in [0.05, 0.1) is 13.2 Å². The number of ether oxygens (including phenoxy) is 1. The van der Waals surface area contributed by atoms with Crippen LogP contribution in [0.1, 0.15) is 29.5 Å². The van der Waals surface area contributed by atoms with E-state index in [2.05, 4.69) is 67.7 Å². The summed E-state index contributed by atoms with van der Waals surface area (Å²) < 4.78 is 5.92. The molecule has 2 heteroatoms. The maximum Gasteiger partial charge on any atom is 0.0717 e. The van der Waals surface area contributed by atoms with Crippen molar-refractivity contribution in [2.75, 3.05) is 19.7 Å². The van der Waals surface area contributed by atoms with Crippen molar-refractivity contribution >= 4 is 0 Å². The molecule has 2 aromatic rings. The zero-order chi connectivity index (χ0) is 14.9. The first-order chi connectivity index (χ1) is 10.3. The molecule has 0 bridgehead atoms. The van der Waals surface area contributed by atoms with Gasteiger partial charge in [0.2, 0.25) is 0 Å². The molecular weight excluding hydrogens is 258 g/mol. The predicted octanol–water partition coefficient (Wildman–Crippen LogP) is 3.90. The molecule has 0 saturated carbocycles. The third-order valence-electron chi connectivity index (χ3n) is 3.62. The lowest BCUT2D eigenvalue weighted by Crippen LogP contribution is -2.24. The molecule has 0 heterocycles. The Balaban J connectivity index is 1.91. The van der Waals surface area contributed by atoms with Crippen molar-refractivity contribution in [1.82, 2.24) is 5.32 Å². The Morgan fingerprint density at radius 3 is 2.38 bits per heavy atom. The molecule has 21 heavy (non-hydrogen) atoms. The van der Waals surface area contributed by atoms with E-state index in [1.54, 1.807) is 0 Å². The monoisotopic (exact) mass is 283 g/mol. The van der Waals surface area contributed by atoms with Gasteiger partial charge in [-0.1, -0.05) is 67.1 Å². The van der Waals surface area contributed by atoms with E-state index in [0.717, 1.165) is 19.7 Å². The van der Waals surface area contributed by atoms with E-state index in [0.29, 0.717) is 12.5 Å². The summed E-state index contributed by atoms with van der Waals surface area (Å²) in [5, 5.41) is 3.43. The summed E-state index contributed by atoms with van der Waals surface area (Å²) in [5.74, 6) is 0.397. The number of hydrogen-bond donors (Lipinski definition) is 1. The lowest BCUT2D eigenvalue weighted by atomic mass is 9.99. The quantitative estimate of drug-likeness (QED) is 0.793. The first-order valence-electron chi connectivity index (χ1n) is 7.68. The molecule has 0 aliphatic rings. The van der Waals surface area contributed by atoms with E-state index in [9.17, 15) is 0 Å². The molecule has 2 rings (SSSR count). The van der Waals surface area contributed by atoms with Crippen molar-refractivity contribution in [3.8, 4) is 0 Å². The van der Waals surface area contributed by atoms with Gasteiger partial charge in [0.15, 0.2) is 0 Å². The molecule has 0 amide bonds. The number of aryl methyl sites for hydroxylation is 1. The van der Waals surface area contributed by atoms with Crippen LogP contribution in [0.5, 0.6) is 0 Å². The molecule has 0 spiro atoms. The molecule has 0 aromatic heterocycles. The summed E-state index contributed by atoms with van der Waals surface area (Å²) in [6.45, 7) is 7.61. The van der Waals surface area contributed by atoms with Crippen molar-refractivity contribution in [3.63, 3.8) is 0 Å². The van der Waals surface area contributed by atoms with Gasteiger partial charge < -0.3 is 10.1 Å². The van der Waals surface area contributed by atoms with Crippen molar-refractivity contribution in [3.05, 3.63) is 71.3 Å². The zero-order valence-electron chi connectivity index (χ0n) is 13.0. The second kappa shape index (κ2) is 8.60. The third-order valence-corrected chi connectivity index (χ3v) is 3.62. The number of likely N-dealkylation sites (N-methyl/N-ethyl adjacent to an activating group) is 1. The van der Waals surface area contributed by atoms with E-state index in [1.807, 2.05) is 6.07 Å². The Morgan fingerprint density at radius 2 is 1.71 bits per heavy atom. The molecule has 1 atom stereocenters. The Labute approximate surface area is 128 Å². The molecule has 0 aliphatic heterocycles. The van der Waals surface area contributed by atoms with Gasteiger partial charge in [0, 0.05) is 12.5 Å². The first kappa shape index (κ1) is 15.7. The van der Waals surface area contributed by atoms with Crippen molar-refractivity contribution < 1.29 is 4.74 Å². The van der Waals surface area contributed by atoms with Gasteiger partial charge in [-0.25, -0.2) is 0 Å². The lowest BCUT2D eigenvalue weighted by Gasteiger charge is -2.18. The smallest absolute Gasteiger partial charge is 0.0717 e. The maximum atomic E-state index is 5.92. The second-order valence-corrected chi connectivity index (χ2v) is 5.42. The molecular formula is C19H25NO. The van der Waals surface area contributed by atoms with Gasteiger partial charge in [0.25, 0.3) is 0 Å². The number of rotatable bonds is 8. The fourth-order valence-electron chi connectivity index (χ4n) is 2.32. The zero-order valence-corrected chi connectivity index (χ0v) is 13.0. The Kier molecular flexibility index (Phi) is 6.45. The Morgan fingerprint density at radius 1 is 1.00 bits per heavy atom. The molecule has 0 fully saturated rings. The number of nitrogens with one attached hydrogen (secondary N) is 1. The van der Waals surface area contributed by atoms with Crippen LogP contribution in [0, 0.1) is 6.92 Å². The molecule has 0 saturated heterocycles. The van der Waals surface area contributed by atoms with Crippen LogP contribution >= 0.6 is 0 Å². The highest BCUT2D eigenvalue weighted by Crippen LogP contribution is 2.17. The van der Waals surface area contributed by atoms with Crippen LogP contribution in [0.3, 0.4) is 0 Å². The molecule has 2 aromatic carbocycles. The normalized spacial score (nSPS) is 12.3. The molecule has 0 aliphatic carbocycles. The summed E-state index contributed by atoms with van der Waals surface area (Å²) in [6, 6.07) is 19.1. The fraction of sp³-hybridized carbons (Fsp3) is 0.368. The largest absolute Gasteiger partial charge is 0.376 e. The minimum atomic E-state index is 0.397.